The molecule has 0 aliphatic carbocycles. The average Bonchev–Trinajstić information content (AvgIpc) is 3.02. The second-order valence-corrected chi connectivity index (χ2v) is 13.9. The summed E-state index contributed by atoms with van der Waals surface area (Å²) in [5.41, 5.74) is 0. The molecule has 272 valence electrons. The Morgan fingerprint density at radius 2 is 1.02 bits per heavy atom. The minimum Gasteiger partial charge on any atom is -0.462 e. The highest BCUT2D eigenvalue weighted by molar-refractivity contribution is 7.47. The van der Waals surface area contributed by atoms with Crippen LogP contribution in [0.2, 0.25) is 0 Å². The predicted octanol–water partition coefficient (Wildman–Crippen LogP) is 9.11. The Labute approximate surface area is 280 Å². The second-order valence-electron chi connectivity index (χ2n) is 12.4. The molecule has 0 fully saturated rings. The third kappa shape index (κ3) is 32.5. The SMILES string of the molecule is CCCCCCCCCCCCCC(=O)OC[C@H](COP(=O)(O)OCCNC(C)=O)OC(=O)CCCCCCCCCCCCC. The van der Waals surface area contributed by atoms with E-state index in [0.717, 1.165) is 38.5 Å². The number of esters is 2. The van der Waals surface area contributed by atoms with E-state index in [4.69, 9.17) is 18.5 Å². The molecule has 0 aromatic rings. The van der Waals surface area contributed by atoms with Gasteiger partial charge in [0.15, 0.2) is 6.10 Å². The highest BCUT2D eigenvalue weighted by Crippen LogP contribution is 2.43. The van der Waals surface area contributed by atoms with Crippen LogP contribution >= 0.6 is 7.82 Å². The lowest BCUT2D eigenvalue weighted by atomic mass is 10.1. The molecule has 0 saturated carbocycles. The van der Waals surface area contributed by atoms with E-state index in [1.165, 1.54) is 103 Å². The van der Waals surface area contributed by atoms with E-state index < -0.39 is 32.5 Å². The number of phosphoric acid groups is 1. The number of nitrogens with one attached hydrogen (secondary N) is 1. The van der Waals surface area contributed by atoms with Crippen molar-refractivity contribution in [3.05, 3.63) is 0 Å². The zero-order chi connectivity index (χ0) is 34.1. The number of carbonyl (C=O) groups is 3. The van der Waals surface area contributed by atoms with Gasteiger partial charge in [-0.05, 0) is 12.8 Å². The van der Waals surface area contributed by atoms with Crippen molar-refractivity contribution in [2.24, 2.45) is 0 Å². The van der Waals surface area contributed by atoms with Gasteiger partial charge in [0.1, 0.15) is 6.61 Å². The van der Waals surface area contributed by atoms with Gasteiger partial charge in [-0.2, -0.15) is 0 Å². The summed E-state index contributed by atoms with van der Waals surface area (Å²) in [5, 5.41) is 2.45. The maximum Gasteiger partial charge on any atom is 0.472 e. The monoisotopic (exact) mass is 677 g/mol. The molecule has 0 rings (SSSR count). The van der Waals surface area contributed by atoms with Crippen molar-refractivity contribution >= 4 is 25.7 Å². The van der Waals surface area contributed by atoms with Crippen LogP contribution in [0.3, 0.4) is 0 Å². The molecular weight excluding hydrogens is 609 g/mol. The summed E-state index contributed by atoms with van der Waals surface area (Å²) >= 11 is 0. The van der Waals surface area contributed by atoms with Crippen molar-refractivity contribution < 1.29 is 42.4 Å². The maximum absolute atomic E-state index is 12.5. The first-order valence-electron chi connectivity index (χ1n) is 18.4. The molecule has 2 atom stereocenters. The first-order valence-corrected chi connectivity index (χ1v) is 19.9. The Kier molecular flexibility index (Phi) is 31.1. The van der Waals surface area contributed by atoms with Crippen molar-refractivity contribution in [3.8, 4) is 0 Å². The fraction of sp³-hybridized carbons (Fsp3) is 0.914. The summed E-state index contributed by atoms with van der Waals surface area (Å²) < 4.78 is 32.9. The Morgan fingerprint density at radius 1 is 0.609 bits per heavy atom. The third-order valence-corrected chi connectivity index (χ3v) is 8.84. The molecule has 0 aromatic heterocycles. The van der Waals surface area contributed by atoms with E-state index in [9.17, 15) is 23.8 Å². The van der Waals surface area contributed by atoms with E-state index in [2.05, 4.69) is 19.2 Å². The first kappa shape index (κ1) is 44.5. The number of rotatable bonds is 34. The Hall–Kier alpha value is -1.48. The van der Waals surface area contributed by atoms with Crippen LogP contribution < -0.4 is 5.32 Å². The van der Waals surface area contributed by atoms with Gasteiger partial charge in [0.05, 0.1) is 13.2 Å². The normalized spacial score (nSPS) is 13.2. The highest BCUT2D eigenvalue weighted by Gasteiger charge is 2.26. The number of hydrogen-bond donors (Lipinski definition) is 2. The van der Waals surface area contributed by atoms with Gasteiger partial charge in [0.25, 0.3) is 0 Å². The topological polar surface area (TPSA) is 137 Å². The molecule has 0 spiro atoms. The van der Waals surface area contributed by atoms with Gasteiger partial charge in [0, 0.05) is 26.3 Å². The molecule has 0 aliphatic heterocycles. The van der Waals surface area contributed by atoms with Crippen molar-refractivity contribution in [1.82, 2.24) is 5.32 Å². The molecule has 46 heavy (non-hydrogen) atoms. The Bertz CT molecular complexity index is 796. The number of ether oxygens (including phenoxy) is 2. The van der Waals surface area contributed by atoms with Crippen LogP contribution in [-0.4, -0.2) is 55.2 Å². The number of hydrogen-bond acceptors (Lipinski definition) is 8. The molecule has 0 aromatic carbocycles. The van der Waals surface area contributed by atoms with Gasteiger partial charge < -0.3 is 19.7 Å². The molecule has 0 radical (unpaired) electrons. The molecule has 11 heteroatoms. The minimum absolute atomic E-state index is 0.0390. The zero-order valence-corrected chi connectivity index (χ0v) is 30.4. The fourth-order valence-corrected chi connectivity index (χ4v) is 5.84. The van der Waals surface area contributed by atoms with Crippen molar-refractivity contribution in [2.75, 3.05) is 26.4 Å². The number of unbranched alkanes of at least 4 members (excludes halogenated alkanes) is 20. The van der Waals surface area contributed by atoms with Gasteiger partial charge in [-0.3, -0.25) is 23.4 Å². The quantitative estimate of drug-likeness (QED) is 0.0388. The second kappa shape index (κ2) is 32.1. The molecule has 0 saturated heterocycles. The van der Waals surface area contributed by atoms with Crippen LogP contribution in [0.25, 0.3) is 0 Å². The van der Waals surface area contributed by atoms with Crippen LogP contribution in [0.1, 0.15) is 175 Å². The smallest absolute Gasteiger partial charge is 0.462 e. The van der Waals surface area contributed by atoms with Crippen LogP contribution in [0.5, 0.6) is 0 Å². The molecule has 0 heterocycles. The molecule has 1 unspecified atom stereocenters. The van der Waals surface area contributed by atoms with Gasteiger partial charge >= 0.3 is 19.8 Å². The Morgan fingerprint density at radius 3 is 1.46 bits per heavy atom. The fourth-order valence-electron chi connectivity index (χ4n) is 5.09. The predicted molar refractivity (Wildman–Crippen MR) is 183 cm³/mol. The van der Waals surface area contributed by atoms with E-state index in [0.29, 0.717) is 6.42 Å². The first-order chi connectivity index (χ1) is 22.2. The summed E-state index contributed by atoms with van der Waals surface area (Å²) in [5.74, 6) is -1.16. The van der Waals surface area contributed by atoms with Crippen LogP contribution in [0.15, 0.2) is 0 Å². The van der Waals surface area contributed by atoms with Crippen molar-refractivity contribution in [3.63, 3.8) is 0 Å². The summed E-state index contributed by atoms with van der Waals surface area (Å²) in [7, 11) is -4.47. The largest absolute Gasteiger partial charge is 0.472 e. The molecular formula is C35H68NO9P. The minimum atomic E-state index is -4.47. The van der Waals surface area contributed by atoms with E-state index in [-0.39, 0.29) is 38.5 Å². The summed E-state index contributed by atoms with van der Waals surface area (Å²) in [4.78, 5) is 45.8. The van der Waals surface area contributed by atoms with Crippen LogP contribution in [0.4, 0.5) is 0 Å². The van der Waals surface area contributed by atoms with Gasteiger partial charge in [-0.1, -0.05) is 142 Å². The lowest BCUT2D eigenvalue weighted by Crippen LogP contribution is -2.30. The summed E-state index contributed by atoms with van der Waals surface area (Å²) in [6.07, 6.45) is 25.2. The number of carbonyl (C=O) groups excluding carboxylic acids is 3. The van der Waals surface area contributed by atoms with E-state index in [1.807, 2.05) is 0 Å². The Balaban J connectivity index is 4.41. The average molecular weight is 678 g/mol. The molecule has 0 aliphatic rings. The lowest BCUT2D eigenvalue weighted by molar-refractivity contribution is -0.161. The van der Waals surface area contributed by atoms with E-state index in [1.54, 1.807) is 0 Å². The molecule has 10 nitrogen and oxygen atoms in total. The molecule has 2 N–H and O–H groups in total. The highest BCUT2D eigenvalue weighted by atomic mass is 31.2. The van der Waals surface area contributed by atoms with Gasteiger partial charge in [-0.15, -0.1) is 0 Å². The van der Waals surface area contributed by atoms with Crippen molar-refractivity contribution in [2.45, 2.75) is 181 Å². The van der Waals surface area contributed by atoms with Gasteiger partial charge in [0.2, 0.25) is 5.91 Å². The van der Waals surface area contributed by atoms with E-state index >= 15 is 0 Å². The molecule has 1 amide bonds. The summed E-state index contributed by atoms with van der Waals surface area (Å²) in [6, 6.07) is 0. The lowest BCUT2D eigenvalue weighted by Gasteiger charge is -2.20. The maximum atomic E-state index is 12.5. The van der Waals surface area contributed by atoms with Crippen LogP contribution in [-0.2, 0) is 37.5 Å². The standard InChI is InChI=1S/C35H68NO9P/c1-4-6-8-10-12-14-16-18-20-22-24-26-34(38)42-30-33(31-44-46(40,41)43-29-28-36-32(3)37)45-35(39)27-25-23-21-19-17-15-13-11-9-7-5-2/h33H,4-31H2,1-3H3,(H,36,37)(H,40,41)/t33-/m1/s1. The number of amides is 1. The van der Waals surface area contributed by atoms with Crippen molar-refractivity contribution in [1.29, 1.82) is 0 Å². The number of phosphoric ester groups is 1. The summed E-state index contributed by atoms with van der Waals surface area (Å²) in [6.45, 7) is 4.84. The zero-order valence-electron chi connectivity index (χ0n) is 29.5. The van der Waals surface area contributed by atoms with Gasteiger partial charge in [-0.25, -0.2) is 4.57 Å². The van der Waals surface area contributed by atoms with Crippen LogP contribution in [0, 0.1) is 0 Å². The molecule has 0 bridgehead atoms. The third-order valence-electron chi connectivity index (χ3n) is 7.85.